The zero-order valence-corrected chi connectivity index (χ0v) is 20.6. The van der Waals surface area contributed by atoms with Crippen LogP contribution >= 0.6 is 0 Å². The van der Waals surface area contributed by atoms with Gasteiger partial charge in [0.1, 0.15) is 6.73 Å². The second kappa shape index (κ2) is 11.6. The number of hydrogen-bond acceptors (Lipinski definition) is 4. The van der Waals surface area contributed by atoms with Crippen molar-refractivity contribution in [1.29, 1.82) is 0 Å². The number of ether oxygens (including phenoxy) is 1. The standard InChI is InChI=1S/C30H30N2O4/c1-22(2)28-26(18-23-12-6-3-7-13-23)32(21-36-20-24-14-8-4-9-15-24)30(35)31(29(28)34)19-27(33)25-16-10-5-11-17-25/h3-17,22H,18-21H2,1-2H3. The van der Waals surface area contributed by atoms with E-state index in [9.17, 15) is 14.4 Å². The van der Waals surface area contributed by atoms with Crippen LogP contribution in [-0.2, 0) is 31.0 Å². The van der Waals surface area contributed by atoms with Gasteiger partial charge < -0.3 is 4.74 Å². The fourth-order valence-corrected chi connectivity index (χ4v) is 4.28. The average molecular weight is 483 g/mol. The lowest BCUT2D eigenvalue weighted by Crippen LogP contribution is -2.45. The first kappa shape index (κ1) is 25.1. The van der Waals surface area contributed by atoms with Crippen molar-refractivity contribution in [3.8, 4) is 0 Å². The van der Waals surface area contributed by atoms with Crippen LogP contribution in [0.25, 0.3) is 0 Å². The van der Waals surface area contributed by atoms with Crippen molar-refractivity contribution < 1.29 is 9.53 Å². The molecule has 0 saturated carbocycles. The summed E-state index contributed by atoms with van der Waals surface area (Å²) in [6, 6.07) is 28.1. The molecule has 0 bridgehead atoms. The minimum Gasteiger partial charge on any atom is -0.356 e. The highest BCUT2D eigenvalue weighted by atomic mass is 16.5. The van der Waals surface area contributed by atoms with Crippen LogP contribution in [0, 0.1) is 0 Å². The van der Waals surface area contributed by atoms with Gasteiger partial charge in [0, 0.05) is 23.2 Å². The van der Waals surface area contributed by atoms with Crippen molar-refractivity contribution in [2.75, 3.05) is 0 Å². The third kappa shape index (κ3) is 5.78. The first-order valence-corrected chi connectivity index (χ1v) is 12.1. The summed E-state index contributed by atoms with van der Waals surface area (Å²) in [5, 5.41) is 0. The number of Topliss-reactive ketones (excluding diaryl/α,β-unsaturated/α-hetero) is 1. The summed E-state index contributed by atoms with van der Waals surface area (Å²) in [4.78, 5) is 40.2. The molecule has 0 radical (unpaired) electrons. The topological polar surface area (TPSA) is 70.3 Å². The smallest absolute Gasteiger partial charge is 0.333 e. The molecule has 0 unspecified atom stereocenters. The van der Waals surface area contributed by atoms with Crippen molar-refractivity contribution in [2.45, 2.75) is 46.1 Å². The summed E-state index contributed by atoms with van der Waals surface area (Å²) in [7, 11) is 0. The van der Waals surface area contributed by atoms with E-state index in [2.05, 4.69) is 0 Å². The van der Waals surface area contributed by atoms with E-state index in [1.54, 1.807) is 24.3 Å². The summed E-state index contributed by atoms with van der Waals surface area (Å²) in [5.74, 6) is -0.452. The quantitative estimate of drug-likeness (QED) is 0.305. The molecular formula is C30H30N2O4. The van der Waals surface area contributed by atoms with Gasteiger partial charge in [0.2, 0.25) is 0 Å². The van der Waals surface area contributed by atoms with E-state index in [0.29, 0.717) is 29.8 Å². The molecule has 4 aromatic rings. The molecule has 4 rings (SSSR count). The van der Waals surface area contributed by atoms with Crippen LogP contribution in [0.2, 0.25) is 0 Å². The second-order valence-corrected chi connectivity index (χ2v) is 9.03. The van der Waals surface area contributed by atoms with Crippen LogP contribution in [0.4, 0.5) is 0 Å². The Morgan fingerprint density at radius 2 is 1.33 bits per heavy atom. The maximum Gasteiger partial charge on any atom is 0.333 e. The van der Waals surface area contributed by atoms with Crippen molar-refractivity contribution in [3.05, 3.63) is 140 Å². The van der Waals surface area contributed by atoms with Gasteiger partial charge in [0.15, 0.2) is 5.78 Å². The van der Waals surface area contributed by atoms with E-state index in [1.807, 2.05) is 80.6 Å². The Labute approximate surface area is 210 Å². The lowest BCUT2D eigenvalue weighted by Gasteiger charge is -2.21. The monoisotopic (exact) mass is 482 g/mol. The van der Waals surface area contributed by atoms with Gasteiger partial charge in [0.25, 0.3) is 5.56 Å². The largest absolute Gasteiger partial charge is 0.356 e. The molecule has 0 saturated heterocycles. The highest BCUT2D eigenvalue weighted by molar-refractivity contribution is 5.95. The molecular weight excluding hydrogens is 452 g/mol. The molecule has 3 aromatic carbocycles. The zero-order chi connectivity index (χ0) is 25.5. The number of carbonyl (C=O) groups is 1. The summed E-state index contributed by atoms with van der Waals surface area (Å²) in [6.45, 7) is 3.81. The van der Waals surface area contributed by atoms with Crippen LogP contribution in [0.3, 0.4) is 0 Å². The van der Waals surface area contributed by atoms with Gasteiger partial charge in [-0.15, -0.1) is 0 Å². The number of ketones is 1. The van der Waals surface area contributed by atoms with Gasteiger partial charge >= 0.3 is 5.69 Å². The molecule has 0 aliphatic rings. The Kier molecular flexibility index (Phi) is 8.08. The molecule has 36 heavy (non-hydrogen) atoms. The molecule has 184 valence electrons. The lowest BCUT2D eigenvalue weighted by atomic mass is 9.98. The number of nitrogens with zero attached hydrogens (tertiary/aromatic N) is 2. The molecule has 0 atom stereocenters. The summed E-state index contributed by atoms with van der Waals surface area (Å²) < 4.78 is 8.50. The molecule has 1 heterocycles. The zero-order valence-electron chi connectivity index (χ0n) is 20.6. The molecule has 6 nitrogen and oxygen atoms in total. The Bertz CT molecular complexity index is 1420. The summed E-state index contributed by atoms with van der Waals surface area (Å²) >= 11 is 0. The molecule has 1 aromatic heterocycles. The first-order chi connectivity index (χ1) is 17.5. The van der Waals surface area contributed by atoms with Crippen molar-refractivity contribution >= 4 is 5.78 Å². The van der Waals surface area contributed by atoms with Crippen molar-refractivity contribution in [3.63, 3.8) is 0 Å². The van der Waals surface area contributed by atoms with Crippen molar-refractivity contribution in [1.82, 2.24) is 9.13 Å². The third-order valence-corrected chi connectivity index (χ3v) is 6.10. The van der Waals surface area contributed by atoms with Crippen molar-refractivity contribution in [2.24, 2.45) is 0 Å². The number of aromatic nitrogens is 2. The first-order valence-electron chi connectivity index (χ1n) is 12.1. The maximum absolute atomic E-state index is 13.7. The maximum atomic E-state index is 13.7. The molecule has 0 aliphatic heterocycles. The summed E-state index contributed by atoms with van der Waals surface area (Å²) in [5.41, 5.74) is 2.57. The fourth-order valence-electron chi connectivity index (χ4n) is 4.28. The minimum atomic E-state index is -0.548. The van der Waals surface area contributed by atoms with Gasteiger partial charge in [-0.25, -0.2) is 4.79 Å². The van der Waals surface area contributed by atoms with Crippen LogP contribution in [-0.4, -0.2) is 14.9 Å². The van der Waals surface area contributed by atoms with E-state index in [-0.39, 0.29) is 25.0 Å². The molecule has 0 N–H and O–H groups in total. The highest BCUT2D eigenvalue weighted by Gasteiger charge is 2.23. The second-order valence-electron chi connectivity index (χ2n) is 9.03. The predicted molar refractivity (Wildman–Crippen MR) is 140 cm³/mol. The molecule has 0 spiro atoms. The highest BCUT2D eigenvalue weighted by Crippen LogP contribution is 2.19. The Hall–Kier alpha value is -4.03. The molecule has 6 heteroatoms. The van der Waals surface area contributed by atoms with Gasteiger partial charge in [-0.05, 0) is 17.0 Å². The van der Waals surface area contributed by atoms with E-state index < -0.39 is 11.2 Å². The van der Waals surface area contributed by atoms with E-state index in [0.717, 1.165) is 15.7 Å². The Morgan fingerprint density at radius 3 is 1.92 bits per heavy atom. The lowest BCUT2D eigenvalue weighted by molar-refractivity contribution is 0.0575. The van der Waals surface area contributed by atoms with Crippen LogP contribution in [0.1, 0.15) is 52.5 Å². The number of benzene rings is 3. The SMILES string of the molecule is CC(C)c1c(Cc2ccccc2)n(COCc2ccccc2)c(=O)n(CC(=O)c2ccccc2)c1=O. The fraction of sp³-hybridized carbons (Fsp3) is 0.233. The summed E-state index contributed by atoms with van der Waals surface area (Å²) in [6.07, 6.45) is 0.404. The van der Waals surface area contributed by atoms with E-state index in [1.165, 1.54) is 4.57 Å². The third-order valence-electron chi connectivity index (χ3n) is 6.10. The number of hydrogen-bond donors (Lipinski definition) is 0. The van der Waals surface area contributed by atoms with E-state index in [4.69, 9.17) is 4.74 Å². The Morgan fingerprint density at radius 1 is 0.778 bits per heavy atom. The molecule has 0 fully saturated rings. The average Bonchev–Trinajstić information content (AvgIpc) is 2.90. The minimum absolute atomic E-state index is 0.0323. The molecule has 0 aliphatic carbocycles. The van der Waals surface area contributed by atoms with Crippen LogP contribution in [0.5, 0.6) is 0 Å². The number of carbonyl (C=O) groups excluding carboxylic acids is 1. The van der Waals surface area contributed by atoms with Gasteiger partial charge in [-0.3, -0.25) is 18.7 Å². The van der Waals surface area contributed by atoms with Gasteiger partial charge in [-0.2, -0.15) is 0 Å². The van der Waals surface area contributed by atoms with Crippen LogP contribution in [0.15, 0.2) is 101 Å². The van der Waals surface area contributed by atoms with E-state index >= 15 is 0 Å². The normalized spacial score (nSPS) is 11.1. The molecule has 0 amide bonds. The number of rotatable bonds is 10. The Balaban J connectivity index is 1.78. The van der Waals surface area contributed by atoms with Gasteiger partial charge in [0.05, 0.1) is 13.2 Å². The van der Waals surface area contributed by atoms with Gasteiger partial charge in [-0.1, -0.05) is 105 Å². The van der Waals surface area contributed by atoms with Crippen LogP contribution < -0.4 is 11.2 Å². The predicted octanol–water partition coefficient (Wildman–Crippen LogP) is 4.78.